The van der Waals surface area contributed by atoms with Crippen molar-refractivity contribution < 1.29 is 14.4 Å². The van der Waals surface area contributed by atoms with Crippen LogP contribution in [0.2, 0.25) is 0 Å². The van der Waals surface area contributed by atoms with Gasteiger partial charge >= 0.3 is 6.03 Å². The molecule has 7 nitrogen and oxygen atoms in total. The number of imide groups is 1. The van der Waals surface area contributed by atoms with Crippen LogP contribution in [0.25, 0.3) is 10.9 Å². The fourth-order valence-electron chi connectivity index (χ4n) is 5.58. The molecule has 0 saturated carbocycles. The summed E-state index contributed by atoms with van der Waals surface area (Å²) >= 11 is 0. The highest BCUT2D eigenvalue weighted by Crippen LogP contribution is 2.44. The molecule has 0 radical (unpaired) electrons. The van der Waals surface area contributed by atoms with Gasteiger partial charge in [0.05, 0.1) is 5.69 Å². The van der Waals surface area contributed by atoms with Gasteiger partial charge in [-0.2, -0.15) is 0 Å². The van der Waals surface area contributed by atoms with Crippen molar-refractivity contribution in [3.8, 4) is 0 Å². The van der Waals surface area contributed by atoms with Crippen LogP contribution in [0.3, 0.4) is 0 Å². The Kier molecular flexibility index (Phi) is 5.79. The SMILES string of the molecule is CCC(C)NC(=O)c1ccc(N2C(=O)[C@@H]3Cc4c([nH]c5ccccc45)C(c4ccc(C)cc4)N3C2=O)cc1. The Morgan fingerprint density at radius 3 is 2.45 bits per heavy atom. The van der Waals surface area contributed by atoms with E-state index >= 15 is 0 Å². The van der Waals surface area contributed by atoms with Gasteiger partial charge in [-0.25, -0.2) is 9.69 Å². The third-order valence-corrected chi connectivity index (χ3v) is 7.82. The number of amides is 4. The number of aryl methyl sites for hydroxylation is 1. The molecule has 3 atom stereocenters. The zero-order valence-corrected chi connectivity index (χ0v) is 21.7. The number of aromatic amines is 1. The maximum absolute atomic E-state index is 14.0. The second-order valence-electron chi connectivity index (χ2n) is 10.3. The molecule has 2 aliphatic heterocycles. The van der Waals surface area contributed by atoms with E-state index in [4.69, 9.17) is 0 Å². The largest absolute Gasteiger partial charge is 0.356 e. The molecule has 4 aromatic rings. The van der Waals surface area contributed by atoms with E-state index in [0.29, 0.717) is 17.7 Å². The van der Waals surface area contributed by atoms with E-state index in [0.717, 1.165) is 39.7 Å². The van der Waals surface area contributed by atoms with Crippen molar-refractivity contribution in [1.82, 2.24) is 15.2 Å². The summed E-state index contributed by atoms with van der Waals surface area (Å²) in [6.45, 7) is 5.99. The summed E-state index contributed by atoms with van der Waals surface area (Å²) in [7, 11) is 0. The molecule has 2 unspecified atom stereocenters. The summed E-state index contributed by atoms with van der Waals surface area (Å²) in [5.74, 6) is -0.424. The van der Waals surface area contributed by atoms with Crippen LogP contribution in [-0.4, -0.2) is 39.8 Å². The van der Waals surface area contributed by atoms with Crippen molar-refractivity contribution in [2.45, 2.75) is 51.7 Å². The number of benzene rings is 3. The molecule has 192 valence electrons. The van der Waals surface area contributed by atoms with Gasteiger partial charge in [-0.1, -0.05) is 55.0 Å². The lowest BCUT2D eigenvalue weighted by atomic mass is 9.88. The smallest absolute Gasteiger partial charge is 0.332 e. The number of H-pyrrole nitrogens is 1. The first-order valence-electron chi connectivity index (χ1n) is 13.1. The molecule has 38 heavy (non-hydrogen) atoms. The van der Waals surface area contributed by atoms with Crippen LogP contribution in [-0.2, 0) is 11.2 Å². The summed E-state index contributed by atoms with van der Waals surface area (Å²) in [6, 6.07) is 21.6. The topological polar surface area (TPSA) is 85.5 Å². The van der Waals surface area contributed by atoms with Crippen molar-refractivity contribution in [1.29, 1.82) is 0 Å². The number of nitrogens with one attached hydrogen (secondary N) is 2. The van der Waals surface area contributed by atoms with E-state index in [9.17, 15) is 14.4 Å². The molecule has 7 heteroatoms. The number of para-hydroxylation sites is 1. The molecule has 3 heterocycles. The molecule has 2 aliphatic rings. The van der Waals surface area contributed by atoms with Gasteiger partial charge < -0.3 is 10.3 Å². The first-order chi connectivity index (χ1) is 18.4. The zero-order valence-electron chi connectivity index (χ0n) is 21.7. The average molecular weight is 507 g/mol. The Bertz CT molecular complexity index is 1550. The molecule has 0 spiro atoms. The van der Waals surface area contributed by atoms with Crippen molar-refractivity contribution in [3.63, 3.8) is 0 Å². The van der Waals surface area contributed by atoms with Crippen LogP contribution >= 0.6 is 0 Å². The average Bonchev–Trinajstić information content (AvgIpc) is 3.42. The number of hydrogen-bond donors (Lipinski definition) is 2. The normalized spacial score (nSPS) is 19.4. The van der Waals surface area contributed by atoms with Crippen LogP contribution < -0.4 is 10.2 Å². The number of rotatable bonds is 5. The highest BCUT2D eigenvalue weighted by atomic mass is 16.2. The third-order valence-electron chi connectivity index (χ3n) is 7.82. The highest BCUT2D eigenvalue weighted by Gasteiger charge is 2.53. The van der Waals surface area contributed by atoms with Gasteiger partial charge in [0, 0.05) is 34.6 Å². The minimum atomic E-state index is -0.617. The summed E-state index contributed by atoms with van der Waals surface area (Å²) in [4.78, 5) is 46.9. The van der Waals surface area contributed by atoms with Gasteiger partial charge in [-0.15, -0.1) is 0 Å². The second kappa shape index (κ2) is 9.17. The number of urea groups is 1. The van der Waals surface area contributed by atoms with E-state index in [1.165, 1.54) is 4.90 Å². The molecule has 1 saturated heterocycles. The van der Waals surface area contributed by atoms with E-state index in [-0.39, 0.29) is 23.9 Å². The molecule has 4 amide bonds. The van der Waals surface area contributed by atoms with E-state index in [1.807, 2.05) is 63.2 Å². The first kappa shape index (κ1) is 24.0. The quantitative estimate of drug-likeness (QED) is 0.351. The monoisotopic (exact) mass is 506 g/mol. The summed E-state index contributed by atoms with van der Waals surface area (Å²) in [5.41, 5.74) is 6.06. The molecule has 2 N–H and O–H groups in total. The Balaban J connectivity index is 1.39. The molecule has 0 bridgehead atoms. The van der Waals surface area contributed by atoms with Gasteiger partial charge in [0.25, 0.3) is 11.8 Å². The van der Waals surface area contributed by atoms with Crippen LogP contribution in [0.1, 0.15) is 59.1 Å². The maximum atomic E-state index is 14.0. The van der Waals surface area contributed by atoms with Crippen molar-refractivity contribution in [3.05, 3.63) is 101 Å². The summed E-state index contributed by atoms with van der Waals surface area (Å²) in [5, 5.41) is 4.02. The number of carbonyl (C=O) groups is 3. The lowest BCUT2D eigenvalue weighted by molar-refractivity contribution is -0.120. The summed E-state index contributed by atoms with van der Waals surface area (Å²) in [6.07, 6.45) is 1.27. The van der Waals surface area contributed by atoms with Gasteiger partial charge in [0.2, 0.25) is 0 Å². The van der Waals surface area contributed by atoms with Crippen molar-refractivity contribution >= 4 is 34.4 Å². The second-order valence-corrected chi connectivity index (χ2v) is 10.3. The van der Waals surface area contributed by atoms with E-state index in [1.54, 1.807) is 29.2 Å². The third kappa shape index (κ3) is 3.77. The molecule has 1 aromatic heterocycles. The Morgan fingerprint density at radius 1 is 1.03 bits per heavy atom. The minimum absolute atomic E-state index is 0.0618. The van der Waals surface area contributed by atoms with Crippen molar-refractivity contribution in [2.24, 2.45) is 0 Å². The molecule has 1 fully saturated rings. The maximum Gasteiger partial charge on any atom is 0.332 e. The highest BCUT2D eigenvalue weighted by molar-refractivity contribution is 6.22. The molecule has 6 rings (SSSR count). The van der Waals surface area contributed by atoms with Crippen LogP contribution in [0.15, 0.2) is 72.8 Å². The zero-order chi connectivity index (χ0) is 26.6. The standard InChI is InChI=1S/C31H30N4O3/c1-4-19(3)32-29(36)21-13-15-22(16-14-21)34-30(37)26-17-24-23-7-5-6-8-25(23)33-27(24)28(35(26)31(34)38)20-11-9-18(2)10-12-20/h5-16,19,26,28,33H,4,17H2,1-3H3,(H,32,36)/t19?,26-,28?/m0/s1. The number of fused-ring (bicyclic) bond motifs is 4. The predicted molar refractivity (Wildman–Crippen MR) is 147 cm³/mol. The first-order valence-corrected chi connectivity index (χ1v) is 13.1. The number of nitrogens with zero attached hydrogens (tertiary/aromatic N) is 2. The Hall–Kier alpha value is -4.39. The van der Waals surface area contributed by atoms with Gasteiger partial charge in [0.1, 0.15) is 12.1 Å². The van der Waals surface area contributed by atoms with Gasteiger partial charge in [0.15, 0.2) is 0 Å². The van der Waals surface area contributed by atoms with Crippen LogP contribution in [0.4, 0.5) is 10.5 Å². The predicted octanol–water partition coefficient (Wildman–Crippen LogP) is 5.49. The Morgan fingerprint density at radius 2 is 1.74 bits per heavy atom. The van der Waals surface area contributed by atoms with Gasteiger partial charge in [-0.05, 0) is 61.7 Å². The van der Waals surface area contributed by atoms with Crippen LogP contribution in [0.5, 0.6) is 0 Å². The van der Waals surface area contributed by atoms with Crippen molar-refractivity contribution in [2.75, 3.05) is 4.90 Å². The lowest BCUT2D eigenvalue weighted by Gasteiger charge is -2.36. The molecular formula is C31H30N4O3. The Labute approximate surface area is 221 Å². The minimum Gasteiger partial charge on any atom is -0.356 e. The fraction of sp³-hybridized carbons (Fsp3) is 0.258. The van der Waals surface area contributed by atoms with E-state index < -0.39 is 12.1 Å². The number of hydrogen-bond acceptors (Lipinski definition) is 3. The van der Waals surface area contributed by atoms with Crippen LogP contribution in [0, 0.1) is 6.92 Å². The fourth-order valence-corrected chi connectivity index (χ4v) is 5.58. The van der Waals surface area contributed by atoms with E-state index in [2.05, 4.69) is 16.4 Å². The number of anilines is 1. The lowest BCUT2D eigenvalue weighted by Crippen LogP contribution is -2.44. The molecule has 0 aliphatic carbocycles. The van der Waals surface area contributed by atoms with Gasteiger partial charge in [-0.3, -0.25) is 14.5 Å². The number of carbonyl (C=O) groups excluding carboxylic acids is 3. The molecular weight excluding hydrogens is 476 g/mol. The number of aromatic nitrogens is 1. The summed E-state index contributed by atoms with van der Waals surface area (Å²) < 4.78 is 0. The molecule has 3 aromatic carbocycles.